The highest BCUT2D eigenvalue weighted by atomic mass is 79.9. The average molecular weight is 452 g/mol. The molecule has 29 heavy (non-hydrogen) atoms. The summed E-state index contributed by atoms with van der Waals surface area (Å²) >= 11 is 3.54. The number of rotatable bonds is 7. The van der Waals surface area contributed by atoms with Crippen molar-refractivity contribution >= 4 is 15.9 Å². The molecule has 4 rings (SSSR count). The summed E-state index contributed by atoms with van der Waals surface area (Å²) in [6.07, 6.45) is 6.51. The molecular weight excluding hydrogens is 426 g/mol. The number of ether oxygens (including phenoxy) is 2. The molecule has 0 N–H and O–H groups in total. The highest BCUT2D eigenvalue weighted by Crippen LogP contribution is 2.38. The summed E-state index contributed by atoms with van der Waals surface area (Å²) in [6.45, 7) is 1.17. The van der Waals surface area contributed by atoms with Gasteiger partial charge in [-0.1, -0.05) is 48.5 Å². The van der Waals surface area contributed by atoms with E-state index in [2.05, 4.69) is 69.4 Å². The van der Waals surface area contributed by atoms with Crippen LogP contribution in [0.4, 0.5) is 0 Å². The van der Waals surface area contributed by atoms with Gasteiger partial charge in [-0.15, -0.1) is 0 Å². The van der Waals surface area contributed by atoms with Crippen molar-refractivity contribution in [2.45, 2.75) is 50.9 Å². The molecule has 0 unspecified atom stereocenters. The van der Waals surface area contributed by atoms with E-state index >= 15 is 0 Å². The molecule has 150 valence electrons. The first kappa shape index (κ1) is 20.1. The molecule has 0 atom stereocenters. The largest absolute Gasteiger partial charge is 0.489 e. The summed E-state index contributed by atoms with van der Waals surface area (Å²) in [7, 11) is 0. The van der Waals surface area contributed by atoms with Crippen molar-refractivity contribution in [2.75, 3.05) is 0 Å². The van der Waals surface area contributed by atoms with E-state index in [9.17, 15) is 0 Å². The second-order valence-corrected chi connectivity index (χ2v) is 8.38. The SMILES string of the molecule is Brc1cccnc1COC1CCC(c2ccccc2OCc2ccccc2)CC1. The Morgan fingerprint density at radius 3 is 2.38 bits per heavy atom. The number of hydrogen-bond acceptors (Lipinski definition) is 3. The number of aromatic nitrogens is 1. The number of nitrogens with zero attached hydrogens (tertiary/aromatic N) is 1. The predicted molar refractivity (Wildman–Crippen MR) is 119 cm³/mol. The lowest BCUT2D eigenvalue weighted by Crippen LogP contribution is -2.21. The van der Waals surface area contributed by atoms with Crippen LogP contribution in [0.5, 0.6) is 5.75 Å². The van der Waals surface area contributed by atoms with Crippen LogP contribution in [0, 0.1) is 0 Å². The van der Waals surface area contributed by atoms with Gasteiger partial charge in [-0.2, -0.15) is 0 Å². The van der Waals surface area contributed by atoms with Crippen molar-refractivity contribution in [3.05, 3.63) is 94.2 Å². The minimum Gasteiger partial charge on any atom is -0.489 e. The maximum Gasteiger partial charge on any atom is 0.123 e. The number of halogens is 1. The van der Waals surface area contributed by atoms with Crippen molar-refractivity contribution in [3.8, 4) is 5.75 Å². The number of para-hydroxylation sites is 1. The van der Waals surface area contributed by atoms with Crippen LogP contribution in [-0.4, -0.2) is 11.1 Å². The molecule has 0 bridgehead atoms. The molecule has 1 saturated carbocycles. The van der Waals surface area contributed by atoms with E-state index in [4.69, 9.17) is 9.47 Å². The zero-order valence-electron chi connectivity index (χ0n) is 16.5. The predicted octanol–water partition coefficient (Wildman–Crippen LogP) is 6.67. The molecule has 0 amide bonds. The molecule has 1 aromatic heterocycles. The number of hydrogen-bond donors (Lipinski definition) is 0. The molecule has 0 saturated heterocycles. The smallest absolute Gasteiger partial charge is 0.123 e. The molecule has 1 aliphatic rings. The Kier molecular flexibility index (Phi) is 6.96. The van der Waals surface area contributed by atoms with Crippen LogP contribution in [0.2, 0.25) is 0 Å². The standard InChI is InChI=1S/C25H26BrNO2/c26-23-10-6-16-27-24(23)18-28-21-14-12-20(13-15-21)22-9-4-5-11-25(22)29-17-19-7-2-1-3-8-19/h1-11,16,20-21H,12-15,17-18H2. The van der Waals surface area contributed by atoms with Crippen LogP contribution >= 0.6 is 15.9 Å². The van der Waals surface area contributed by atoms with Crippen LogP contribution in [0.15, 0.2) is 77.4 Å². The maximum atomic E-state index is 6.18. The molecule has 0 aliphatic heterocycles. The Bertz CT molecular complexity index is 907. The van der Waals surface area contributed by atoms with Crippen LogP contribution in [0.1, 0.15) is 48.4 Å². The Morgan fingerprint density at radius 1 is 0.828 bits per heavy atom. The van der Waals surface area contributed by atoms with Crippen LogP contribution in [0.25, 0.3) is 0 Å². The van der Waals surface area contributed by atoms with Crippen LogP contribution < -0.4 is 4.74 Å². The molecule has 0 spiro atoms. The van der Waals surface area contributed by atoms with E-state index in [1.54, 1.807) is 0 Å². The Balaban J connectivity index is 1.32. The van der Waals surface area contributed by atoms with E-state index in [0.717, 1.165) is 41.6 Å². The normalized spacial score (nSPS) is 19.1. The second kappa shape index (κ2) is 10.0. The first-order valence-electron chi connectivity index (χ1n) is 10.3. The van der Waals surface area contributed by atoms with Crippen molar-refractivity contribution in [1.82, 2.24) is 4.98 Å². The summed E-state index contributed by atoms with van der Waals surface area (Å²) in [5.41, 5.74) is 3.49. The highest BCUT2D eigenvalue weighted by molar-refractivity contribution is 9.10. The van der Waals surface area contributed by atoms with Crippen molar-refractivity contribution < 1.29 is 9.47 Å². The Hall–Kier alpha value is -2.17. The van der Waals surface area contributed by atoms with E-state index in [1.165, 1.54) is 11.1 Å². The number of pyridine rings is 1. The monoisotopic (exact) mass is 451 g/mol. The minimum absolute atomic E-state index is 0.303. The van der Waals surface area contributed by atoms with Gasteiger partial charge in [0.25, 0.3) is 0 Å². The zero-order valence-corrected chi connectivity index (χ0v) is 18.1. The average Bonchev–Trinajstić information content (AvgIpc) is 2.78. The van der Waals surface area contributed by atoms with E-state index in [1.807, 2.05) is 24.4 Å². The van der Waals surface area contributed by atoms with Gasteiger partial charge < -0.3 is 9.47 Å². The molecule has 1 heterocycles. The third-order valence-corrected chi connectivity index (χ3v) is 6.28. The summed E-state index contributed by atoms with van der Waals surface area (Å²) < 4.78 is 13.3. The van der Waals surface area contributed by atoms with Gasteiger partial charge in [0, 0.05) is 10.7 Å². The third-order valence-electron chi connectivity index (χ3n) is 5.56. The van der Waals surface area contributed by atoms with E-state index in [-0.39, 0.29) is 0 Å². The van der Waals surface area contributed by atoms with Crippen molar-refractivity contribution in [1.29, 1.82) is 0 Å². The fraction of sp³-hybridized carbons (Fsp3) is 0.320. The van der Waals surface area contributed by atoms with E-state index < -0.39 is 0 Å². The lowest BCUT2D eigenvalue weighted by molar-refractivity contribution is 0.0113. The van der Waals surface area contributed by atoms with Gasteiger partial charge in [0.15, 0.2) is 0 Å². The Morgan fingerprint density at radius 2 is 1.59 bits per heavy atom. The van der Waals surface area contributed by atoms with Gasteiger partial charge in [0.05, 0.1) is 18.4 Å². The minimum atomic E-state index is 0.303. The summed E-state index contributed by atoms with van der Waals surface area (Å²) in [5.74, 6) is 1.54. The van der Waals surface area contributed by atoms with Crippen molar-refractivity contribution in [3.63, 3.8) is 0 Å². The summed E-state index contributed by atoms with van der Waals surface area (Å²) in [4.78, 5) is 4.39. The van der Waals surface area contributed by atoms with Crippen LogP contribution in [0.3, 0.4) is 0 Å². The molecule has 1 fully saturated rings. The lowest BCUT2D eigenvalue weighted by Gasteiger charge is -2.29. The van der Waals surface area contributed by atoms with Crippen LogP contribution in [-0.2, 0) is 18.0 Å². The molecule has 2 aromatic carbocycles. The molecule has 0 radical (unpaired) electrons. The maximum absolute atomic E-state index is 6.18. The molecular formula is C25H26BrNO2. The summed E-state index contributed by atoms with van der Waals surface area (Å²) in [5, 5.41) is 0. The van der Waals surface area contributed by atoms with Gasteiger partial charge in [-0.25, -0.2) is 0 Å². The van der Waals surface area contributed by atoms with Gasteiger partial charge in [0.2, 0.25) is 0 Å². The number of benzene rings is 2. The molecule has 1 aliphatic carbocycles. The Labute approximate surface area is 181 Å². The second-order valence-electron chi connectivity index (χ2n) is 7.53. The van der Waals surface area contributed by atoms with Gasteiger partial charge >= 0.3 is 0 Å². The highest BCUT2D eigenvalue weighted by Gasteiger charge is 2.25. The van der Waals surface area contributed by atoms with Gasteiger partial charge in [-0.05, 0) is 76.9 Å². The zero-order chi connectivity index (χ0) is 19.9. The molecule has 4 heteroatoms. The topological polar surface area (TPSA) is 31.4 Å². The van der Waals surface area contributed by atoms with Gasteiger partial charge in [0.1, 0.15) is 12.4 Å². The summed E-state index contributed by atoms with van der Waals surface area (Å²) in [6, 6.07) is 22.8. The first-order valence-corrected chi connectivity index (χ1v) is 11.1. The quantitative estimate of drug-likeness (QED) is 0.401. The molecule has 3 nitrogen and oxygen atoms in total. The first-order chi connectivity index (χ1) is 14.3. The molecule has 3 aromatic rings. The fourth-order valence-electron chi connectivity index (χ4n) is 3.95. The lowest BCUT2D eigenvalue weighted by atomic mass is 9.82. The van der Waals surface area contributed by atoms with Gasteiger partial charge in [-0.3, -0.25) is 4.98 Å². The van der Waals surface area contributed by atoms with E-state index in [0.29, 0.717) is 25.2 Å². The fourth-order valence-corrected chi connectivity index (χ4v) is 4.32. The van der Waals surface area contributed by atoms with Crippen molar-refractivity contribution in [2.24, 2.45) is 0 Å². The third kappa shape index (κ3) is 5.46.